The molecule has 0 aliphatic carbocycles. The molecule has 2 aromatic carbocycles. The van der Waals surface area contributed by atoms with Gasteiger partial charge in [-0.1, -0.05) is 23.4 Å². The second-order valence-electron chi connectivity index (χ2n) is 8.58. The van der Waals surface area contributed by atoms with E-state index >= 15 is 0 Å². The molecule has 11 nitrogen and oxygen atoms in total. The number of aromatic amines is 1. The van der Waals surface area contributed by atoms with Gasteiger partial charge in [-0.05, 0) is 30.3 Å². The van der Waals surface area contributed by atoms with E-state index in [0.717, 1.165) is 35.5 Å². The number of methoxy groups -OCH3 is 1. The molecule has 0 radical (unpaired) electrons. The van der Waals surface area contributed by atoms with Crippen molar-refractivity contribution >= 4 is 16.7 Å². The van der Waals surface area contributed by atoms with Gasteiger partial charge in [0.05, 0.1) is 18.2 Å². The van der Waals surface area contributed by atoms with E-state index in [-0.39, 0.29) is 17.9 Å². The van der Waals surface area contributed by atoms with E-state index in [4.69, 9.17) is 9.26 Å². The van der Waals surface area contributed by atoms with Gasteiger partial charge < -0.3 is 9.26 Å². The highest BCUT2D eigenvalue weighted by Crippen LogP contribution is 2.20. The summed E-state index contributed by atoms with van der Waals surface area (Å²) in [6.07, 6.45) is 0.609. The first kappa shape index (κ1) is 23.6. The molecule has 1 amide bonds. The van der Waals surface area contributed by atoms with E-state index in [1.807, 2.05) is 47.5 Å². The van der Waals surface area contributed by atoms with E-state index in [1.165, 1.54) is 0 Å². The standard InChI is InChI=1S/C25H27N7O4/c1-35-18-8-6-17(7-9-18)24-26-23(36-30-24)11-10-22(33)29-32-14-12-31(13-15-32)16-21-19-4-2-3-5-20(19)25(34)28-27-21/h2-9H,10-16H2,1H3,(H,28,34)(H,29,33). The van der Waals surface area contributed by atoms with Gasteiger partial charge in [-0.25, -0.2) is 10.1 Å². The quantitative estimate of drug-likeness (QED) is 0.380. The van der Waals surface area contributed by atoms with E-state index in [2.05, 4.69) is 30.7 Å². The highest BCUT2D eigenvalue weighted by Gasteiger charge is 2.20. The van der Waals surface area contributed by atoms with Gasteiger partial charge in [-0.15, -0.1) is 0 Å². The van der Waals surface area contributed by atoms with Crippen molar-refractivity contribution < 1.29 is 14.1 Å². The fourth-order valence-corrected chi connectivity index (χ4v) is 4.19. The number of aryl methyl sites for hydroxylation is 1. The molecule has 4 aromatic rings. The summed E-state index contributed by atoms with van der Waals surface area (Å²) in [5.74, 6) is 1.55. The monoisotopic (exact) mass is 489 g/mol. The molecule has 0 saturated carbocycles. The summed E-state index contributed by atoms with van der Waals surface area (Å²) in [6.45, 7) is 3.55. The van der Waals surface area contributed by atoms with Crippen LogP contribution in [-0.4, -0.2) is 69.4 Å². The number of hydrogen-bond acceptors (Lipinski definition) is 9. The van der Waals surface area contributed by atoms with Crippen LogP contribution in [0.1, 0.15) is 18.0 Å². The van der Waals surface area contributed by atoms with Crippen LogP contribution in [0.4, 0.5) is 0 Å². The summed E-state index contributed by atoms with van der Waals surface area (Å²) in [5.41, 5.74) is 4.44. The van der Waals surface area contributed by atoms with E-state index in [1.54, 1.807) is 13.2 Å². The second kappa shape index (κ2) is 10.7. The zero-order valence-corrected chi connectivity index (χ0v) is 19.9. The molecular formula is C25H27N7O4. The van der Waals surface area contributed by atoms with Crippen LogP contribution in [0.5, 0.6) is 5.75 Å². The van der Waals surface area contributed by atoms with Gasteiger partial charge >= 0.3 is 0 Å². The maximum atomic E-state index is 12.5. The highest BCUT2D eigenvalue weighted by atomic mass is 16.5. The van der Waals surface area contributed by atoms with Gasteiger partial charge in [0.25, 0.3) is 5.56 Å². The number of hydrogen-bond donors (Lipinski definition) is 2. The predicted molar refractivity (Wildman–Crippen MR) is 132 cm³/mol. The van der Waals surface area contributed by atoms with Crippen LogP contribution < -0.4 is 15.7 Å². The number of amides is 1. The van der Waals surface area contributed by atoms with Crippen molar-refractivity contribution in [3.05, 3.63) is 70.5 Å². The van der Waals surface area contributed by atoms with E-state index in [9.17, 15) is 9.59 Å². The zero-order chi connectivity index (χ0) is 24.9. The number of hydrazine groups is 1. The molecule has 1 saturated heterocycles. The van der Waals surface area contributed by atoms with Crippen LogP contribution in [0.2, 0.25) is 0 Å². The SMILES string of the molecule is COc1ccc(-c2noc(CCC(=O)NN3CCN(Cc4n[nH]c(=O)c5ccccc45)CC3)n2)cc1. The Morgan fingerprint density at radius 3 is 2.58 bits per heavy atom. The van der Waals surface area contributed by atoms with Gasteiger partial charge in [0.1, 0.15) is 5.75 Å². The molecule has 0 bridgehead atoms. The summed E-state index contributed by atoms with van der Waals surface area (Å²) in [5, 5.41) is 14.3. The molecule has 1 aliphatic rings. The van der Waals surface area contributed by atoms with Crippen molar-refractivity contribution in [1.82, 2.24) is 35.7 Å². The van der Waals surface area contributed by atoms with E-state index < -0.39 is 0 Å². The minimum absolute atomic E-state index is 0.0963. The number of fused-ring (bicyclic) bond motifs is 1. The van der Waals surface area contributed by atoms with Gasteiger partial charge in [0, 0.05) is 56.5 Å². The van der Waals surface area contributed by atoms with Crippen molar-refractivity contribution in [2.45, 2.75) is 19.4 Å². The van der Waals surface area contributed by atoms with Crippen molar-refractivity contribution in [2.75, 3.05) is 33.3 Å². The Morgan fingerprint density at radius 1 is 1.08 bits per heavy atom. The Hall–Kier alpha value is -4.09. The number of nitrogens with zero attached hydrogens (tertiary/aromatic N) is 5. The van der Waals surface area contributed by atoms with Crippen molar-refractivity contribution in [1.29, 1.82) is 0 Å². The van der Waals surface area contributed by atoms with Crippen LogP contribution in [0.3, 0.4) is 0 Å². The molecule has 0 spiro atoms. The molecule has 2 N–H and O–H groups in total. The average molecular weight is 490 g/mol. The fraction of sp³-hybridized carbons (Fsp3) is 0.320. The molecule has 11 heteroatoms. The first-order valence-electron chi connectivity index (χ1n) is 11.8. The first-order valence-corrected chi connectivity index (χ1v) is 11.8. The molecule has 1 aliphatic heterocycles. The summed E-state index contributed by atoms with van der Waals surface area (Å²) in [7, 11) is 1.61. The number of carbonyl (C=O) groups is 1. The molecule has 186 valence electrons. The molecule has 0 atom stereocenters. The number of H-pyrrole nitrogens is 1. The maximum Gasteiger partial charge on any atom is 0.272 e. The van der Waals surface area contributed by atoms with Crippen LogP contribution in [0.15, 0.2) is 57.8 Å². The number of carbonyl (C=O) groups excluding carboxylic acids is 1. The summed E-state index contributed by atoms with van der Waals surface area (Å²) < 4.78 is 10.5. The minimum Gasteiger partial charge on any atom is -0.497 e. The number of piperazine rings is 1. The number of aromatic nitrogens is 4. The highest BCUT2D eigenvalue weighted by molar-refractivity contribution is 5.83. The summed E-state index contributed by atoms with van der Waals surface area (Å²) in [4.78, 5) is 31.1. The van der Waals surface area contributed by atoms with Gasteiger partial charge in [0.15, 0.2) is 0 Å². The van der Waals surface area contributed by atoms with Gasteiger partial charge in [-0.3, -0.25) is 19.9 Å². The molecule has 2 aromatic heterocycles. The van der Waals surface area contributed by atoms with E-state index in [0.29, 0.717) is 43.2 Å². The Labute approximate surface area is 207 Å². The minimum atomic E-state index is -0.181. The lowest BCUT2D eigenvalue weighted by Crippen LogP contribution is -2.53. The third-order valence-corrected chi connectivity index (χ3v) is 6.19. The normalized spacial score (nSPS) is 14.7. The number of benzene rings is 2. The van der Waals surface area contributed by atoms with Crippen molar-refractivity contribution in [3.63, 3.8) is 0 Å². The van der Waals surface area contributed by atoms with Crippen LogP contribution in [0.25, 0.3) is 22.2 Å². The predicted octanol–water partition coefficient (Wildman–Crippen LogP) is 1.76. The third-order valence-electron chi connectivity index (χ3n) is 6.19. The molecule has 1 fully saturated rings. The third kappa shape index (κ3) is 5.42. The smallest absolute Gasteiger partial charge is 0.272 e. The molecule has 36 heavy (non-hydrogen) atoms. The largest absolute Gasteiger partial charge is 0.497 e. The number of rotatable bonds is 8. The van der Waals surface area contributed by atoms with Gasteiger partial charge in [0.2, 0.25) is 17.6 Å². The lowest BCUT2D eigenvalue weighted by atomic mass is 10.1. The Balaban J connectivity index is 1.08. The van der Waals surface area contributed by atoms with Crippen LogP contribution in [0, 0.1) is 0 Å². The molecule has 0 unspecified atom stereocenters. The van der Waals surface area contributed by atoms with Crippen molar-refractivity contribution in [3.8, 4) is 17.1 Å². The molecular weight excluding hydrogens is 462 g/mol. The van der Waals surface area contributed by atoms with Crippen molar-refractivity contribution in [2.24, 2.45) is 0 Å². The summed E-state index contributed by atoms with van der Waals surface area (Å²) >= 11 is 0. The number of ether oxygens (including phenoxy) is 1. The Morgan fingerprint density at radius 2 is 1.83 bits per heavy atom. The Kier molecular flexibility index (Phi) is 7.01. The molecule has 3 heterocycles. The summed E-state index contributed by atoms with van der Waals surface area (Å²) in [6, 6.07) is 14.9. The zero-order valence-electron chi connectivity index (χ0n) is 19.9. The fourth-order valence-electron chi connectivity index (χ4n) is 4.19. The topological polar surface area (TPSA) is 129 Å². The van der Waals surface area contributed by atoms with Gasteiger partial charge in [-0.2, -0.15) is 10.1 Å². The van der Waals surface area contributed by atoms with Crippen LogP contribution >= 0.6 is 0 Å². The molecule has 5 rings (SSSR count). The number of nitrogens with one attached hydrogen (secondary N) is 2. The Bertz CT molecular complexity index is 1390. The lowest BCUT2D eigenvalue weighted by molar-refractivity contribution is -0.126. The first-order chi connectivity index (χ1) is 17.6. The average Bonchev–Trinajstić information content (AvgIpc) is 3.39. The maximum absolute atomic E-state index is 12.5. The van der Waals surface area contributed by atoms with Crippen LogP contribution in [-0.2, 0) is 17.8 Å². The lowest BCUT2D eigenvalue weighted by Gasteiger charge is -2.34. The second-order valence-corrected chi connectivity index (χ2v) is 8.58.